The molecule has 0 spiro atoms. The van der Waals surface area contributed by atoms with Crippen LogP contribution in [0.15, 0.2) is 24.3 Å². The van der Waals surface area contributed by atoms with Gasteiger partial charge in [-0.05, 0) is 42.4 Å². The third-order valence-electron chi connectivity index (χ3n) is 3.73. The number of aliphatic carboxylic acids is 1. The Morgan fingerprint density at radius 1 is 1.43 bits per heavy atom. The highest BCUT2D eigenvalue weighted by molar-refractivity contribution is 6.30. The van der Waals surface area contributed by atoms with E-state index in [1.165, 1.54) is 0 Å². The summed E-state index contributed by atoms with van der Waals surface area (Å²) in [5.41, 5.74) is 1.04. The SMILES string of the molecule is CC(C)CC(NC(=O)C1CC1c1cccc(Cl)c1)C(=O)O. The van der Waals surface area contributed by atoms with E-state index in [1.807, 2.05) is 32.0 Å². The second kappa shape index (κ2) is 6.48. The molecule has 0 heterocycles. The first-order valence-electron chi connectivity index (χ1n) is 7.17. The minimum Gasteiger partial charge on any atom is -0.480 e. The second-order valence-corrected chi connectivity index (χ2v) is 6.47. The van der Waals surface area contributed by atoms with Crippen LogP contribution in [0, 0.1) is 11.8 Å². The Morgan fingerprint density at radius 2 is 2.14 bits per heavy atom. The molecule has 1 aliphatic rings. The zero-order valence-electron chi connectivity index (χ0n) is 12.2. The Kier molecular flexibility index (Phi) is 4.88. The molecule has 5 heteroatoms. The highest BCUT2D eigenvalue weighted by Gasteiger charge is 2.44. The van der Waals surface area contributed by atoms with Crippen molar-refractivity contribution in [3.05, 3.63) is 34.9 Å². The van der Waals surface area contributed by atoms with E-state index in [4.69, 9.17) is 16.7 Å². The number of hydrogen-bond donors (Lipinski definition) is 2. The minimum atomic E-state index is -0.975. The number of carbonyl (C=O) groups is 2. The molecule has 1 aromatic carbocycles. The molecule has 0 aliphatic heterocycles. The Hall–Kier alpha value is -1.55. The van der Waals surface area contributed by atoms with Crippen LogP contribution in [-0.2, 0) is 9.59 Å². The van der Waals surface area contributed by atoms with E-state index in [0.717, 1.165) is 12.0 Å². The van der Waals surface area contributed by atoms with Gasteiger partial charge in [-0.15, -0.1) is 0 Å². The van der Waals surface area contributed by atoms with Crippen molar-refractivity contribution in [3.8, 4) is 0 Å². The maximum atomic E-state index is 12.2. The molecule has 3 unspecified atom stereocenters. The zero-order chi connectivity index (χ0) is 15.6. The normalized spacial score (nSPS) is 21.9. The fraction of sp³-hybridized carbons (Fsp3) is 0.500. The molecule has 0 aromatic heterocycles. The fourth-order valence-electron chi connectivity index (χ4n) is 2.56. The van der Waals surface area contributed by atoms with Crippen molar-refractivity contribution in [3.63, 3.8) is 0 Å². The molecular weight excluding hydrogens is 290 g/mol. The van der Waals surface area contributed by atoms with Gasteiger partial charge in [0, 0.05) is 10.9 Å². The summed E-state index contributed by atoms with van der Waals surface area (Å²) in [5, 5.41) is 12.5. The van der Waals surface area contributed by atoms with Gasteiger partial charge in [0.25, 0.3) is 0 Å². The number of amides is 1. The summed E-state index contributed by atoms with van der Waals surface area (Å²) in [7, 11) is 0. The Bertz CT molecular complexity index is 544. The lowest BCUT2D eigenvalue weighted by Crippen LogP contribution is -2.42. The lowest BCUT2D eigenvalue weighted by molar-refractivity contribution is -0.142. The molecule has 3 atom stereocenters. The summed E-state index contributed by atoms with van der Waals surface area (Å²) >= 11 is 5.95. The lowest BCUT2D eigenvalue weighted by atomic mass is 10.0. The van der Waals surface area contributed by atoms with E-state index in [9.17, 15) is 9.59 Å². The Balaban J connectivity index is 1.94. The van der Waals surface area contributed by atoms with Crippen LogP contribution in [0.5, 0.6) is 0 Å². The number of carbonyl (C=O) groups excluding carboxylic acids is 1. The average Bonchev–Trinajstić information content (AvgIpc) is 3.17. The van der Waals surface area contributed by atoms with Crippen LogP contribution >= 0.6 is 11.6 Å². The van der Waals surface area contributed by atoms with E-state index in [0.29, 0.717) is 11.4 Å². The number of benzene rings is 1. The zero-order valence-corrected chi connectivity index (χ0v) is 12.9. The van der Waals surface area contributed by atoms with Crippen molar-refractivity contribution in [2.24, 2.45) is 11.8 Å². The molecule has 1 saturated carbocycles. The smallest absolute Gasteiger partial charge is 0.326 e. The molecule has 1 aromatic rings. The fourth-order valence-corrected chi connectivity index (χ4v) is 2.76. The second-order valence-electron chi connectivity index (χ2n) is 6.03. The summed E-state index contributed by atoms with van der Waals surface area (Å²) in [4.78, 5) is 23.3. The molecule has 1 amide bonds. The first-order chi connectivity index (χ1) is 9.88. The monoisotopic (exact) mass is 309 g/mol. The highest BCUT2D eigenvalue weighted by Crippen LogP contribution is 2.48. The van der Waals surface area contributed by atoms with Crippen molar-refractivity contribution < 1.29 is 14.7 Å². The third kappa shape index (κ3) is 4.21. The van der Waals surface area contributed by atoms with Gasteiger partial charge in [-0.1, -0.05) is 37.6 Å². The van der Waals surface area contributed by atoms with Crippen molar-refractivity contribution in [2.75, 3.05) is 0 Å². The van der Waals surface area contributed by atoms with Gasteiger partial charge in [0.15, 0.2) is 0 Å². The van der Waals surface area contributed by atoms with E-state index >= 15 is 0 Å². The van der Waals surface area contributed by atoms with Crippen molar-refractivity contribution in [2.45, 2.75) is 38.6 Å². The van der Waals surface area contributed by atoms with E-state index in [2.05, 4.69) is 5.32 Å². The summed E-state index contributed by atoms with van der Waals surface area (Å²) in [6.45, 7) is 3.88. The minimum absolute atomic E-state index is 0.141. The molecular formula is C16H20ClNO3. The largest absolute Gasteiger partial charge is 0.480 e. The quantitative estimate of drug-likeness (QED) is 0.848. The predicted molar refractivity (Wildman–Crippen MR) is 81.3 cm³/mol. The molecule has 0 radical (unpaired) electrons. The lowest BCUT2D eigenvalue weighted by Gasteiger charge is -2.16. The number of carboxylic acids is 1. The topological polar surface area (TPSA) is 66.4 Å². The Morgan fingerprint density at radius 3 is 2.71 bits per heavy atom. The van der Waals surface area contributed by atoms with Crippen LogP contribution in [0.3, 0.4) is 0 Å². The molecule has 0 saturated heterocycles. The van der Waals surface area contributed by atoms with E-state index < -0.39 is 12.0 Å². The molecule has 1 fully saturated rings. The van der Waals surface area contributed by atoms with Crippen LogP contribution in [0.2, 0.25) is 5.02 Å². The van der Waals surface area contributed by atoms with E-state index in [1.54, 1.807) is 6.07 Å². The predicted octanol–water partition coefficient (Wildman–Crippen LogP) is 3.06. The molecule has 2 rings (SSSR count). The first-order valence-corrected chi connectivity index (χ1v) is 7.55. The van der Waals surface area contributed by atoms with Gasteiger partial charge in [-0.25, -0.2) is 4.79 Å². The van der Waals surface area contributed by atoms with Gasteiger partial charge in [0.1, 0.15) is 6.04 Å². The van der Waals surface area contributed by atoms with Gasteiger partial charge >= 0.3 is 5.97 Å². The van der Waals surface area contributed by atoms with Crippen LogP contribution in [-0.4, -0.2) is 23.0 Å². The van der Waals surface area contributed by atoms with Crippen LogP contribution in [0.4, 0.5) is 0 Å². The van der Waals surface area contributed by atoms with Gasteiger partial charge in [0.05, 0.1) is 0 Å². The highest BCUT2D eigenvalue weighted by atomic mass is 35.5. The van der Waals surface area contributed by atoms with Gasteiger partial charge in [0.2, 0.25) is 5.91 Å². The standard InChI is InChI=1S/C16H20ClNO3/c1-9(2)6-14(16(20)21)18-15(19)13-8-12(13)10-4-3-5-11(17)7-10/h3-5,7,9,12-14H,6,8H2,1-2H3,(H,18,19)(H,20,21). The maximum absolute atomic E-state index is 12.2. The summed E-state index contributed by atoms with van der Waals surface area (Å²) < 4.78 is 0. The Labute approximate surface area is 129 Å². The summed E-state index contributed by atoms with van der Waals surface area (Å²) in [6.07, 6.45) is 1.19. The molecule has 1 aliphatic carbocycles. The molecule has 4 nitrogen and oxygen atoms in total. The number of rotatable bonds is 6. The van der Waals surface area contributed by atoms with Gasteiger partial charge < -0.3 is 10.4 Å². The molecule has 21 heavy (non-hydrogen) atoms. The van der Waals surface area contributed by atoms with E-state index in [-0.39, 0.29) is 23.7 Å². The molecule has 0 bridgehead atoms. The van der Waals surface area contributed by atoms with Crippen molar-refractivity contribution in [1.82, 2.24) is 5.32 Å². The van der Waals surface area contributed by atoms with Crippen molar-refractivity contribution >= 4 is 23.5 Å². The molecule has 2 N–H and O–H groups in total. The van der Waals surface area contributed by atoms with Crippen LogP contribution in [0.1, 0.15) is 38.2 Å². The average molecular weight is 310 g/mol. The van der Waals surface area contributed by atoms with Crippen LogP contribution < -0.4 is 5.32 Å². The van der Waals surface area contributed by atoms with Gasteiger partial charge in [-0.3, -0.25) is 4.79 Å². The first kappa shape index (κ1) is 15.8. The summed E-state index contributed by atoms with van der Waals surface area (Å²) in [5.74, 6) is -0.922. The molecule has 114 valence electrons. The maximum Gasteiger partial charge on any atom is 0.326 e. The van der Waals surface area contributed by atoms with Gasteiger partial charge in [-0.2, -0.15) is 0 Å². The van der Waals surface area contributed by atoms with Crippen LogP contribution in [0.25, 0.3) is 0 Å². The third-order valence-corrected chi connectivity index (χ3v) is 3.96. The number of nitrogens with one attached hydrogen (secondary N) is 1. The van der Waals surface area contributed by atoms with Crippen molar-refractivity contribution in [1.29, 1.82) is 0 Å². The number of carboxylic acid groups (broad SMARTS) is 1. The summed E-state index contributed by atoms with van der Waals surface area (Å²) in [6, 6.07) is 6.67. The number of halogens is 1. The number of hydrogen-bond acceptors (Lipinski definition) is 2.